The first-order valence-electron chi connectivity index (χ1n) is 7.68. The van der Waals surface area contributed by atoms with E-state index in [2.05, 4.69) is 38.9 Å². The highest BCUT2D eigenvalue weighted by atomic mass is 79.9. The molecule has 0 spiro atoms. The fourth-order valence-corrected chi connectivity index (χ4v) is 4.66. The number of fused-ring (bicyclic) bond motifs is 2. The predicted molar refractivity (Wildman–Crippen MR) is 85.3 cm³/mol. The van der Waals surface area contributed by atoms with Crippen molar-refractivity contribution in [3.8, 4) is 0 Å². The lowest BCUT2D eigenvalue weighted by Gasteiger charge is -2.32. The molecule has 2 saturated carbocycles. The topological polar surface area (TPSA) is 42.1 Å². The molecular weight excluding hydrogens is 314 g/mol. The first kappa shape index (κ1) is 14.5. The summed E-state index contributed by atoms with van der Waals surface area (Å²) in [6.45, 7) is 1.82. The molecule has 2 bridgehead atoms. The highest BCUT2D eigenvalue weighted by Crippen LogP contribution is 2.48. The van der Waals surface area contributed by atoms with Crippen molar-refractivity contribution in [2.75, 3.05) is 20.1 Å². The summed E-state index contributed by atoms with van der Waals surface area (Å²) in [4.78, 5) is 6.72. The Balaban J connectivity index is 1.66. The third-order valence-corrected chi connectivity index (χ3v) is 5.71. The smallest absolute Gasteiger partial charge is 0.0483 e. The largest absolute Gasteiger partial charge is 0.329 e. The third-order valence-electron chi connectivity index (χ3n) is 5.27. The van der Waals surface area contributed by atoms with Crippen molar-refractivity contribution in [2.45, 2.75) is 31.7 Å². The van der Waals surface area contributed by atoms with Crippen molar-refractivity contribution in [3.05, 3.63) is 28.5 Å². The number of rotatable bonds is 5. The van der Waals surface area contributed by atoms with Gasteiger partial charge in [-0.3, -0.25) is 9.88 Å². The quantitative estimate of drug-likeness (QED) is 0.896. The molecule has 0 saturated heterocycles. The van der Waals surface area contributed by atoms with Crippen molar-refractivity contribution in [2.24, 2.45) is 23.5 Å². The van der Waals surface area contributed by atoms with Gasteiger partial charge in [0, 0.05) is 36.0 Å². The summed E-state index contributed by atoms with van der Waals surface area (Å²) in [7, 11) is 2.21. The van der Waals surface area contributed by atoms with Crippen LogP contribution in [0.25, 0.3) is 0 Å². The molecule has 2 N–H and O–H groups in total. The fourth-order valence-electron chi connectivity index (χ4n) is 4.28. The number of hydrogen-bond donors (Lipinski definition) is 1. The van der Waals surface area contributed by atoms with Crippen molar-refractivity contribution >= 4 is 15.9 Å². The van der Waals surface area contributed by atoms with Crippen LogP contribution in [0.1, 0.15) is 37.3 Å². The van der Waals surface area contributed by atoms with Crippen LogP contribution in [0.15, 0.2) is 22.9 Å². The Labute approximate surface area is 130 Å². The molecule has 2 aliphatic carbocycles. The second-order valence-electron chi connectivity index (χ2n) is 6.56. The number of pyridine rings is 1. The lowest BCUT2D eigenvalue weighted by atomic mass is 9.88. The van der Waals surface area contributed by atoms with E-state index in [0.29, 0.717) is 6.54 Å². The third kappa shape index (κ3) is 2.92. The highest BCUT2D eigenvalue weighted by Gasteiger charge is 2.40. The first-order valence-corrected chi connectivity index (χ1v) is 8.47. The zero-order chi connectivity index (χ0) is 14.1. The molecule has 1 aromatic rings. The number of nitrogens with zero attached hydrogens (tertiary/aromatic N) is 2. The molecule has 4 unspecified atom stereocenters. The van der Waals surface area contributed by atoms with Gasteiger partial charge in [-0.15, -0.1) is 0 Å². The van der Waals surface area contributed by atoms with Crippen LogP contribution in [0.5, 0.6) is 0 Å². The van der Waals surface area contributed by atoms with Gasteiger partial charge in [0.25, 0.3) is 0 Å². The molecule has 2 aliphatic rings. The molecule has 110 valence electrons. The van der Waals surface area contributed by atoms with Gasteiger partial charge in [0.15, 0.2) is 0 Å². The Morgan fingerprint density at radius 2 is 2.25 bits per heavy atom. The summed E-state index contributed by atoms with van der Waals surface area (Å²) >= 11 is 3.50. The normalized spacial score (nSPS) is 30.1. The van der Waals surface area contributed by atoms with E-state index < -0.39 is 0 Å². The Morgan fingerprint density at radius 1 is 1.40 bits per heavy atom. The molecule has 3 rings (SSSR count). The second kappa shape index (κ2) is 6.12. The van der Waals surface area contributed by atoms with E-state index in [0.717, 1.165) is 22.2 Å². The maximum atomic E-state index is 6.02. The zero-order valence-electron chi connectivity index (χ0n) is 12.1. The molecule has 0 radical (unpaired) electrons. The molecule has 2 fully saturated rings. The van der Waals surface area contributed by atoms with Crippen molar-refractivity contribution in [3.63, 3.8) is 0 Å². The van der Waals surface area contributed by atoms with Crippen LogP contribution in [-0.4, -0.2) is 30.0 Å². The van der Waals surface area contributed by atoms with E-state index in [9.17, 15) is 0 Å². The number of nitrogens with two attached hydrogens (primary N) is 1. The van der Waals surface area contributed by atoms with E-state index in [-0.39, 0.29) is 6.04 Å². The highest BCUT2D eigenvalue weighted by molar-refractivity contribution is 9.10. The Bertz CT molecular complexity index is 465. The summed E-state index contributed by atoms with van der Waals surface area (Å²) in [6.07, 6.45) is 9.61. The molecule has 0 aliphatic heterocycles. The van der Waals surface area contributed by atoms with Crippen molar-refractivity contribution < 1.29 is 0 Å². The Hall–Kier alpha value is -0.450. The SMILES string of the molecule is CN(CC1CC2CCC1C2)C(CN)c1cncc(Br)c1. The van der Waals surface area contributed by atoms with Gasteiger partial charge in [-0.1, -0.05) is 6.42 Å². The van der Waals surface area contributed by atoms with Gasteiger partial charge >= 0.3 is 0 Å². The number of likely N-dealkylation sites (N-methyl/N-ethyl adjacent to an activating group) is 1. The van der Waals surface area contributed by atoms with Gasteiger partial charge in [0.1, 0.15) is 0 Å². The number of halogens is 1. The van der Waals surface area contributed by atoms with E-state index >= 15 is 0 Å². The van der Waals surface area contributed by atoms with Crippen molar-refractivity contribution in [1.29, 1.82) is 0 Å². The van der Waals surface area contributed by atoms with Crippen LogP contribution in [0.3, 0.4) is 0 Å². The van der Waals surface area contributed by atoms with Gasteiger partial charge in [-0.05, 0) is 71.6 Å². The fraction of sp³-hybridized carbons (Fsp3) is 0.688. The van der Waals surface area contributed by atoms with E-state index in [1.165, 1.54) is 37.8 Å². The van der Waals surface area contributed by atoms with Gasteiger partial charge < -0.3 is 5.73 Å². The van der Waals surface area contributed by atoms with Crippen LogP contribution >= 0.6 is 15.9 Å². The molecule has 0 aromatic carbocycles. The standard InChI is InChI=1S/C16H24BrN3/c1-20(10-14-5-11-2-3-12(14)4-11)16(7-18)13-6-15(17)9-19-8-13/h6,8-9,11-12,14,16H,2-5,7,10,18H2,1H3. The average molecular weight is 338 g/mol. The maximum Gasteiger partial charge on any atom is 0.0483 e. The van der Waals surface area contributed by atoms with Gasteiger partial charge in [0.2, 0.25) is 0 Å². The van der Waals surface area contributed by atoms with Crippen LogP contribution in [0.4, 0.5) is 0 Å². The van der Waals surface area contributed by atoms with Crippen LogP contribution < -0.4 is 5.73 Å². The number of hydrogen-bond acceptors (Lipinski definition) is 3. The van der Waals surface area contributed by atoms with Gasteiger partial charge in [-0.25, -0.2) is 0 Å². The molecule has 4 atom stereocenters. The number of aromatic nitrogens is 1. The molecule has 20 heavy (non-hydrogen) atoms. The lowest BCUT2D eigenvalue weighted by Crippen LogP contribution is -2.35. The summed E-state index contributed by atoms with van der Waals surface area (Å²) in [5.41, 5.74) is 7.24. The molecular formula is C16H24BrN3. The molecule has 1 heterocycles. The molecule has 0 amide bonds. The lowest BCUT2D eigenvalue weighted by molar-refractivity contribution is 0.176. The average Bonchev–Trinajstić information content (AvgIpc) is 3.02. The van der Waals surface area contributed by atoms with Crippen LogP contribution in [0, 0.1) is 17.8 Å². The van der Waals surface area contributed by atoms with Gasteiger partial charge in [-0.2, -0.15) is 0 Å². The predicted octanol–water partition coefficient (Wildman–Crippen LogP) is 3.21. The molecule has 3 nitrogen and oxygen atoms in total. The van der Waals surface area contributed by atoms with E-state index in [4.69, 9.17) is 5.73 Å². The van der Waals surface area contributed by atoms with E-state index in [1.807, 2.05) is 12.4 Å². The van der Waals surface area contributed by atoms with Crippen molar-refractivity contribution in [1.82, 2.24) is 9.88 Å². The summed E-state index contributed by atoms with van der Waals surface area (Å²) in [5, 5.41) is 0. The summed E-state index contributed by atoms with van der Waals surface area (Å²) in [5.74, 6) is 2.87. The molecule has 1 aromatic heterocycles. The molecule has 4 heteroatoms. The summed E-state index contributed by atoms with van der Waals surface area (Å²) in [6, 6.07) is 2.42. The Kier molecular flexibility index (Phi) is 4.43. The van der Waals surface area contributed by atoms with Crippen LogP contribution in [-0.2, 0) is 0 Å². The Morgan fingerprint density at radius 3 is 2.85 bits per heavy atom. The minimum atomic E-state index is 0.277. The minimum Gasteiger partial charge on any atom is -0.329 e. The summed E-state index contributed by atoms with van der Waals surface area (Å²) < 4.78 is 1.03. The van der Waals surface area contributed by atoms with E-state index in [1.54, 1.807) is 0 Å². The first-order chi connectivity index (χ1) is 9.67. The monoisotopic (exact) mass is 337 g/mol. The zero-order valence-corrected chi connectivity index (χ0v) is 13.7. The second-order valence-corrected chi connectivity index (χ2v) is 7.48. The van der Waals surface area contributed by atoms with Gasteiger partial charge in [0.05, 0.1) is 0 Å². The van der Waals surface area contributed by atoms with Crippen LogP contribution in [0.2, 0.25) is 0 Å². The maximum absolute atomic E-state index is 6.02. The minimum absolute atomic E-state index is 0.277.